The minimum absolute atomic E-state index is 0.0703. The second kappa shape index (κ2) is 6.04. The second-order valence-corrected chi connectivity index (χ2v) is 4.74. The zero-order chi connectivity index (χ0) is 12.9. The third kappa shape index (κ3) is 3.25. The van der Waals surface area contributed by atoms with E-state index in [0.29, 0.717) is 6.61 Å². The van der Waals surface area contributed by atoms with Gasteiger partial charge in [0.1, 0.15) is 18.1 Å². The van der Waals surface area contributed by atoms with Gasteiger partial charge in [0, 0.05) is 12.2 Å². The Bertz CT molecular complexity index is 498. The van der Waals surface area contributed by atoms with E-state index in [0.717, 1.165) is 36.5 Å². The van der Waals surface area contributed by atoms with E-state index in [2.05, 4.69) is 0 Å². The lowest BCUT2D eigenvalue weighted by Gasteiger charge is -2.22. The van der Waals surface area contributed by atoms with Crippen LogP contribution in [0.2, 0.25) is 0 Å². The summed E-state index contributed by atoms with van der Waals surface area (Å²) in [6.07, 6.45) is 3.22. The van der Waals surface area contributed by atoms with Crippen LogP contribution in [0.1, 0.15) is 25.0 Å². The maximum atomic E-state index is 5.78. The number of furan rings is 1. The molecule has 0 bridgehead atoms. The Morgan fingerprint density at radius 3 is 2.74 bits per heavy atom. The van der Waals surface area contributed by atoms with Crippen molar-refractivity contribution in [2.45, 2.75) is 32.2 Å². The number of benzene rings is 1. The number of rotatable bonds is 4. The van der Waals surface area contributed by atoms with Gasteiger partial charge in [0.05, 0.1) is 0 Å². The van der Waals surface area contributed by atoms with Gasteiger partial charge in [0.15, 0.2) is 6.29 Å². The predicted molar refractivity (Wildman–Crippen MR) is 72.5 cm³/mol. The first-order valence-electron chi connectivity index (χ1n) is 6.79. The van der Waals surface area contributed by atoms with Gasteiger partial charge in [-0.3, -0.25) is 0 Å². The van der Waals surface area contributed by atoms with Gasteiger partial charge in [0.25, 0.3) is 0 Å². The van der Waals surface area contributed by atoms with Gasteiger partial charge >= 0.3 is 0 Å². The molecule has 1 atom stereocenters. The normalized spacial score (nSPS) is 19.5. The summed E-state index contributed by atoms with van der Waals surface area (Å²) in [6.45, 7) is 1.27. The van der Waals surface area contributed by atoms with Gasteiger partial charge in [-0.05, 0) is 31.4 Å². The van der Waals surface area contributed by atoms with Crippen molar-refractivity contribution in [2.75, 3.05) is 6.61 Å². The van der Waals surface area contributed by atoms with Crippen LogP contribution in [0.15, 0.2) is 46.9 Å². The summed E-state index contributed by atoms with van der Waals surface area (Å²) < 4.78 is 17.0. The molecule has 3 heteroatoms. The van der Waals surface area contributed by atoms with E-state index in [1.807, 2.05) is 42.5 Å². The lowest BCUT2D eigenvalue weighted by molar-refractivity contribution is -0.171. The summed E-state index contributed by atoms with van der Waals surface area (Å²) in [6, 6.07) is 14.0. The Balaban J connectivity index is 1.59. The van der Waals surface area contributed by atoms with Crippen molar-refractivity contribution < 1.29 is 13.9 Å². The average molecular weight is 258 g/mol. The van der Waals surface area contributed by atoms with Crippen LogP contribution in [0.5, 0.6) is 0 Å². The molecular weight excluding hydrogens is 240 g/mol. The van der Waals surface area contributed by atoms with E-state index in [-0.39, 0.29) is 6.29 Å². The van der Waals surface area contributed by atoms with Crippen LogP contribution < -0.4 is 0 Å². The predicted octanol–water partition coefficient (Wildman–Crippen LogP) is 3.99. The first-order chi connectivity index (χ1) is 9.42. The third-order valence-electron chi connectivity index (χ3n) is 3.27. The zero-order valence-electron chi connectivity index (χ0n) is 10.9. The van der Waals surface area contributed by atoms with Crippen molar-refractivity contribution in [1.29, 1.82) is 0 Å². The standard InChI is InChI=1S/C16H18O3/c1-2-6-13(7-3-1)15-10-9-14(19-15)12-18-16-8-4-5-11-17-16/h1-3,6-7,9-10,16H,4-5,8,11-12H2. The van der Waals surface area contributed by atoms with Gasteiger partial charge in [-0.25, -0.2) is 0 Å². The summed E-state index contributed by atoms with van der Waals surface area (Å²) >= 11 is 0. The highest BCUT2D eigenvalue weighted by Gasteiger charge is 2.15. The Morgan fingerprint density at radius 1 is 1.05 bits per heavy atom. The highest BCUT2D eigenvalue weighted by molar-refractivity contribution is 5.57. The van der Waals surface area contributed by atoms with Gasteiger partial charge in [-0.1, -0.05) is 30.3 Å². The fourth-order valence-corrected chi connectivity index (χ4v) is 2.23. The Hall–Kier alpha value is -1.58. The summed E-state index contributed by atoms with van der Waals surface area (Å²) in [7, 11) is 0. The molecule has 0 amide bonds. The second-order valence-electron chi connectivity index (χ2n) is 4.74. The summed E-state index contributed by atoms with van der Waals surface area (Å²) in [5.41, 5.74) is 1.09. The highest BCUT2D eigenvalue weighted by Crippen LogP contribution is 2.23. The van der Waals surface area contributed by atoms with Crippen molar-refractivity contribution in [3.63, 3.8) is 0 Å². The van der Waals surface area contributed by atoms with Crippen LogP contribution in [-0.2, 0) is 16.1 Å². The molecule has 3 nitrogen and oxygen atoms in total. The quantitative estimate of drug-likeness (QED) is 0.831. The number of hydrogen-bond donors (Lipinski definition) is 0. The van der Waals surface area contributed by atoms with Crippen LogP contribution in [0.4, 0.5) is 0 Å². The van der Waals surface area contributed by atoms with Crippen LogP contribution in [0.25, 0.3) is 11.3 Å². The lowest BCUT2D eigenvalue weighted by Crippen LogP contribution is -2.21. The van der Waals surface area contributed by atoms with E-state index >= 15 is 0 Å². The van der Waals surface area contributed by atoms with E-state index in [4.69, 9.17) is 13.9 Å². The van der Waals surface area contributed by atoms with Crippen molar-refractivity contribution in [3.05, 3.63) is 48.2 Å². The summed E-state index contributed by atoms with van der Waals surface area (Å²) in [5, 5.41) is 0. The topological polar surface area (TPSA) is 31.6 Å². The molecule has 1 saturated heterocycles. The molecular formula is C16H18O3. The maximum Gasteiger partial charge on any atom is 0.158 e. The van der Waals surface area contributed by atoms with Gasteiger partial charge < -0.3 is 13.9 Å². The molecule has 0 saturated carbocycles. The fourth-order valence-electron chi connectivity index (χ4n) is 2.23. The fraction of sp³-hybridized carbons (Fsp3) is 0.375. The first kappa shape index (κ1) is 12.5. The molecule has 2 aromatic rings. The van der Waals surface area contributed by atoms with E-state index in [1.54, 1.807) is 0 Å². The molecule has 0 radical (unpaired) electrons. The molecule has 0 aliphatic carbocycles. The molecule has 1 aliphatic rings. The Labute approximate surface area is 113 Å². The molecule has 0 N–H and O–H groups in total. The van der Waals surface area contributed by atoms with E-state index < -0.39 is 0 Å². The lowest BCUT2D eigenvalue weighted by atomic mass is 10.2. The van der Waals surface area contributed by atoms with E-state index in [1.165, 1.54) is 6.42 Å². The van der Waals surface area contributed by atoms with Crippen molar-refractivity contribution in [2.24, 2.45) is 0 Å². The molecule has 1 fully saturated rings. The third-order valence-corrected chi connectivity index (χ3v) is 3.27. The minimum atomic E-state index is -0.0703. The highest BCUT2D eigenvalue weighted by atomic mass is 16.7. The SMILES string of the molecule is c1ccc(-c2ccc(COC3CCCCO3)o2)cc1. The molecule has 3 rings (SSSR count). The Kier molecular flexibility index (Phi) is 3.96. The zero-order valence-corrected chi connectivity index (χ0v) is 10.9. The van der Waals surface area contributed by atoms with Crippen molar-refractivity contribution in [3.8, 4) is 11.3 Å². The maximum absolute atomic E-state index is 5.78. The van der Waals surface area contributed by atoms with Crippen LogP contribution in [0, 0.1) is 0 Å². The van der Waals surface area contributed by atoms with Crippen molar-refractivity contribution >= 4 is 0 Å². The Morgan fingerprint density at radius 2 is 1.95 bits per heavy atom. The summed E-state index contributed by atoms with van der Waals surface area (Å²) in [5.74, 6) is 1.72. The molecule has 1 aromatic carbocycles. The van der Waals surface area contributed by atoms with Crippen LogP contribution in [0.3, 0.4) is 0 Å². The number of ether oxygens (including phenoxy) is 2. The molecule has 1 aromatic heterocycles. The minimum Gasteiger partial charge on any atom is -0.459 e. The monoisotopic (exact) mass is 258 g/mol. The molecule has 19 heavy (non-hydrogen) atoms. The molecule has 1 aliphatic heterocycles. The van der Waals surface area contributed by atoms with Crippen LogP contribution >= 0.6 is 0 Å². The number of hydrogen-bond acceptors (Lipinski definition) is 3. The largest absolute Gasteiger partial charge is 0.459 e. The molecule has 0 spiro atoms. The smallest absolute Gasteiger partial charge is 0.158 e. The molecule has 100 valence electrons. The van der Waals surface area contributed by atoms with E-state index in [9.17, 15) is 0 Å². The molecule has 1 unspecified atom stereocenters. The molecule has 2 heterocycles. The van der Waals surface area contributed by atoms with Crippen molar-refractivity contribution in [1.82, 2.24) is 0 Å². The van der Waals surface area contributed by atoms with Gasteiger partial charge in [-0.15, -0.1) is 0 Å². The summed E-state index contributed by atoms with van der Waals surface area (Å²) in [4.78, 5) is 0. The van der Waals surface area contributed by atoms with Gasteiger partial charge in [-0.2, -0.15) is 0 Å². The first-order valence-corrected chi connectivity index (χ1v) is 6.79. The van der Waals surface area contributed by atoms with Crippen LogP contribution in [-0.4, -0.2) is 12.9 Å². The average Bonchev–Trinajstić information content (AvgIpc) is 2.96. The van der Waals surface area contributed by atoms with Gasteiger partial charge in [0.2, 0.25) is 0 Å².